The second-order valence-electron chi connectivity index (χ2n) is 11.2. The van der Waals surface area contributed by atoms with Gasteiger partial charge in [-0.15, -0.1) is 6.58 Å². The van der Waals surface area contributed by atoms with Crippen molar-refractivity contribution >= 4 is 7.68 Å². The van der Waals surface area contributed by atoms with Crippen molar-refractivity contribution in [3.63, 3.8) is 0 Å². The number of hydrogen-bond acceptors (Lipinski definition) is 2. The Morgan fingerprint density at radius 1 is 0.606 bits per heavy atom. The Morgan fingerprint density at radius 3 is 1.21 bits per heavy atom. The van der Waals surface area contributed by atoms with Crippen molar-refractivity contribution in [3.8, 4) is 0 Å². The molecule has 0 aliphatic rings. The number of hydrogen-bond donors (Lipinski definition) is 0. The Bertz CT molecular complexity index is 516. The summed E-state index contributed by atoms with van der Waals surface area (Å²) in [4.78, 5) is 0. The lowest BCUT2D eigenvalue weighted by molar-refractivity contribution is -0.908. The molecule has 1 unspecified atom stereocenters. The molecule has 0 aliphatic carbocycles. The van der Waals surface area contributed by atoms with E-state index >= 15 is 0 Å². The van der Waals surface area contributed by atoms with Gasteiger partial charge in [0.25, 0.3) is 0 Å². The van der Waals surface area contributed by atoms with Crippen LogP contribution in [0.4, 0.5) is 0 Å². The molecule has 0 bridgehead atoms. The van der Waals surface area contributed by atoms with E-state index in [1.807, 2.05) is 27.2 Å². The summed E-state index contributed by atoms with van der Waals surface area (Å²) in [6.07, 6.45) is 30.1. The van der Waals surface area contributed by atoms with Gasteiger partial charge in [-0.3, -0.25) is 0 Å². The Balaban J connectivity index is 3.53. The molecule has 33 heavy (non-hydrogen) atoms. The van der Waals surface area contributed by atoms with Crippen LogP contribution in [-0.2, 0) is 9.13 Å². The second-order valence-corrected chi connectivity index (χ2v) is 12.5. The van der Waals surface area contributed by atoms with E-state index in [1.165, 1.54) is 116 Å². The molecule has 0 aliphatic heterocycles. The predicted octanol–water partition coefficient (Wildman–Crippen LogP) is 10.3. The fraction of sp³-hybridized carbons (Fsp3) is 0.931. The lowest BCUT2D eigenvalue weighted by Crippen LogP contribution is -2.53. The second kappa shape index (κ2) is 20.9. The molecule has 3 nitrogen and oxygen atoms in total. The fourth-order valence-electron chi connectivity index (χ4n) is 5.15. The van der Waals surface area contributed by atoms with Crippen LogP contribution in [0.1, 0.15) is 148 Å². The van der Waals surface area contributed by atoms with Gasteiger partial charge in [-0.1, -0.05) is 116 Å². The molecular formula is C29H59NO2P+. The van der Waals surface area contributed by atoms with Gasteiger partial charge in [0.1, 0.15) is 0 Å². The summed E-state index contributed by atoms with van der Waals surface area (Å²) < 4.78 is 24.7. The van der Waals surface area contributed by atoms with Gasteiger partial charge in [0.2, 0.25) is 5.28 Å². The van der Waals surface area contributed by atoms with E-state index in [-0.39, 0.29) is 0 Å². The molecule has 0 aromatic carbocycles. The van der Waals surface area contributed by atoms with Crippen molar-refractivity contribution in [2.75, 3.05) is 21.1 Å². The standard InChI is InChI=1S/C29H59NO2P/c1-6-8-9-10-11-12-13-14-15-16-17-18-19-20-21-22-23-24-25-26-28-29(27-7-2,33(31)32)30(3,4)5/h6H,1,7-28H2,2-5H3/q+1. The van der Waals surface area contributed by atoms with Crippen LogP contribution in [0, 0.1) is 0 Å². The zero-order chi connectivity index (χ0) is 24.8. The molecule has 196 valence electrons. The first kappa shape index (κ1) is 32.6. The van der Waals surface area contributed by atoms with Crippen LogP contribution in [0.5, 0.6) is 0 Å². The highest BCUT2D eigenvalue weighted by molar-refractivity contribution is 7.32. The van der Waals surface area contributed by atoms with Crippen molar-refractivity contribution < 1.29 is 13.6 Å². The molecule has 0 aromatic heterocycles. The average molecular weight is 485 g/mol. The van der Waals surface area contributed by atoms with E-state index in [9.17, 15) is 9.13 Å². The quantitative estimate of drug-likeness (QED) is 0.0559. The maximum absolute atomic E-state index is 12.1. The zero-order valence-corrected chi connectivity index (χ0v) is 23.9. The van der Waals surface area contributed by atoms with Crippen LogP contribution in [0.15, 0.2) is 12.7 Å². The van der Waals surface area contributed by atoms with Gasteiger partial charge in [0.15, 0.2) is 0 Å². The first-order valence-corrected chi connectivity index (χ1v) is 15.6. The minimum absolute atomic E-state index is 0.524. The van der Waals surface area contributed by atoms with Gasteiger partial charge in [-0.25, -0.2) is 9.13 Å². The zero-order valence-electron chi connectivity index (χ0n) is 23.1. The summed E-state index contributed by atoms with van der Waals surface area (Å²) in [5.74, 6) is 0. The van der Waals surface area contributed by atoms with Gasteiger partial charge in [-0.2, -0.15) is 0 Å². The fourth-order valence-corrected chi connectivity index (χ4v) is 6.39. The highest BCUT2D eigenvalue weighted by atomic mass is 31.1. The number of quaternary nitrogens is 1. The van der Waals surface area contributed by atoms with Crippen molar-refractivity contribution in [1.29, 1.82) is 0 Å². The van der Waals surface area contributed by atoms with Crippen molar-refractivity contribution in [2.45, 2.75) is 153 Å². The van der Waals surface area contributed by atoms with Crippen LogP contribution >= 0.6 is 7.68 Å². The van der Waals surface area contributed by atoms with E-state index in [0.717, 1.165) is 25.7 Å². The summed E-state index contributed by atoms with van der Waals surface area (Å²) in [6, 6.07) is 0. The van der Waals surface area contributed by atoms with E-state index in [0.29, 0.717) is 4.48 Å². The smallest absolute Gasteiger partial charge is 0.314 e. The maximum atomic E-state index is 12.1. The van der Waals surface area contributed by atoms with E-state index in [4.69, 9.17) is 0 Å². The van der Waals surface area contributed by atoms with Crippen LogP contribution in [0.25, 0.3) is 0 Å². The van der Waals surface area contributed by atoms with Crippen LogP contribution in [-0.4, -0.2) is 30.9 Å². The molecule has 0 radical (unpaired) electrons. The van der Waals surface area contributed by atoms with Gasteiger partial charge in [0.05, 0.1) is 21.1 Å². The summed E-state index contributed by atoms with van der Waals surface area (Å²) in [7, 11) is 3.69. The van der Waals surface area contributed by atoms with Crippen molar-refractivity contribution in [2.24, 2.45) is 0 Å². The lowest BCUT2D eigenvalue weighted by atomic mass is 9.99. The number of nitrogens with zero attached hydrogens (tertiary/aromatic N) is 1. The molecule has 1 atom stereocenters. The number of rotatable bonds is 25. The van der Waals surface area contributed by atoms with Crippen molar-refractivity contribution in [1.82, 2.24) is 0 Å². The third-order valence-corrected chi connectivity index (χ3v) is 9.20. The average Bonchev–Trinajstić information content (AvgIpc) is 2.76. The highest BCUT2D eigenvalue weighted by Crippen LogP contribution is 2.44. The molecule has 0 heterocycles. The van der Waals surface area contributed by atoms with Crippen molar-refractivity contribution in [3.05, 3.63) is 12.7 Å². The molecular weight excluding hydrogens is 425 g/mol. The Hall–Kier alpha value is -0.400. The monoisotopic (exact) mass is 484 g/mol. The summed E-state index contributed by atoms with van der Waals surface area (Å²) in [5.41, 5.74) is 0. The van der Waals surface area contributed by atoms with Gasteiger partial charge < -0.3 is 4.48 Å². The van der Waals surface area contributed by atoms with E-state index < -0.39 is 13.0 Å². The van der Waals surface area contributed by atoms with E-state index in [2.05, 4.69) is 13.5 Å². The minimum Gasteiger partial charge on any atom is -0.314 e. The molecule has 0 rings (SSSR count). The van der Waals surface area contributed by atoms with E-state index in [1.54, 1.807) is 0 Å². The van der Waals surface area contributed by atoms with Crippen LogP contribution < -0.4 is 0 Å². The molecule has 0 saturated carbocycles. The molecule has 0 amide bonds. The molecule has 0 spiro atoms. The minimum atomic E-state index is -2.42. The maximum Gasteiger partial charge on any atom is 0.378 e. The highest BCUT2D eigenvalue weighted by Gasteiger charge is 2.47. The Kier molecular flexibility index (Phi) is 20.7. The summed E-state index contributed by atoms with van der Waals surface area (Å²) in [6.45, 7) is 5.88. The van der Waals surface area contributed by atoms with Gasteiger partial charge >= 0.3 is 7.68 Å². The first-order valence-electron chi connectivity index (χ1n) is 14.4. The molecule has 4 heteroatoms. The first-order chi connectivity index (χ1) is 15.8. The lowest BCUT2D eigenvalue weighted by Gasteiger charge is -2.41. The normalized spacial score (nSPS) is 13.7. The van der Waals surface area contributed by atoms with Crippen LogP contribution in [0.2, 0.25) is 0 Å². The molecule has 0 aromatic rings. The molecule has 0 N–H and O–H groups in total. The summed E-state index contributed by atoms with van der Waals surface area (Å²) in [5, 5.41) is -0.588. The Labute approximate surface area is 208 Å². The Morgan fingerprint density at radius 2 is 0.939 bits per heavy atom. The topological polar surface area (TPSA) is 34.1 Å². The van der Waals surface area contributed by atoms with Gasteiger partial charge in [0, 0.05) is 12.8 Å². The number of allylic oxidation sites excluding steroid dienone is 1. The predicted molar refractivity (Wildman–Crippen MR) is 147 cm³/mol. The largest absolute Gasteiger partial charge is 0.378 e. The number of unbranched alkanes of at least 4 members (excludes halogenated alkanes) is 18. The van der Waals surface area contributed by atoms with Crippen LogP contribution in [0.3, 0.4) is 0 Å². The summed E-state index contributed by atoms with van der Waals surface area (Å²) >= 11 is 0. The third kappa shape index (κ3) is 16.0. The molecule has 0 saturated heterocycles. The third-order valence-electron chi connectivity index (χ3n) is 7.47. The SMILES string of the molecule is C=CCCCCCCCCCCCCCCCCCCCCC(CCC)(P(=O)=O)[N+](C)(C)C. The van der Waals surface area contributed by atoms with Gasteiger partial charge in [-0.05, 0) is 25.7 Å². The molecule has 0 fully saturated rings.